The number of aromatic nitrogens is 3. The number of aromatic hydroxyl groups is 1. The van der Waals surface area contributed by atoms with Crippen molar-refractivity contribution >= 4 is 33.6 Å². The molecule has 0 fully saturated rings. The van der Waals surface area contributed by atoms with E-state index in [4.69, 9.17) is 4.74 Å². The van der Waals surface area contributed by atoms with Crippen LogP contribution < -0.4 is 16.1 Å². The number of ketones is 2. The monoisotopic (exact) mass is 587 g/mol. The average molecular weight is 588 g/mol. The van der Waals surface area contributed by atoms with E-state index in [0.29, 0.717) is 28.1 Å². The first-order valence-electron chi connectivity index (χ1n) is 12.2. The fourth-order valence-electron chi connectivity index (χ4n) is 5.56. The number of halogens is 1. The van der Waals surface area contributed by atoms with E-state index in [9.17, 15) is 24.3 Å². The molecule has 0 saturated carbocycles. The first-order valence-corrected chi connectivity index (χ1v) is 13.0. The Balaban J connectivity index is 1.51. The Morgan fingerprint density at radius 2 is 1.82 bits per heavy atom. The summed E-state index contributed by atoms with van der Waals surface area (Å²) in [6.07, 6.45) is 6.84. The van der Waals surface area contributed by atoms with Crippen molar-refractivity contribution in [3.63, 3.8) is 0 Å². The Labute approximate surface area is 230 Å². The van der Waals surface area contributed by atoms with Gasteiger partial charge in [0.15, 0.2) is 23.1 Å². The zero-order valence-electron chi connectivity index (χ0n) is 20.7. The van der Waals surface area contributed by atoms with Gasteiger partial charge in [0.1, 0.15) is 0 Å². The molecule has 0 radical (unpaired) electrons. The molecule has 1 aromatic heterocycles. The summed E-state index contributed by atoms with van der Waals surface area (Å²) in [5.74, 6) is -0.920. The fourth-order valence-corrected chi connectivity index (χ4v) is 6.01. The molecule has 2 atom stereocenters. The van der Waals surface area contributed by atoms with Gasteiger partial charge in [0.25, 0.3) is 0 Å². The van der Waals surface area contributed by atoms with Gasteiger partial charge in [-0.25, -0.2) is 23.5 Å². The third-order valence-electron chi connectivity index (χ3n) is 7.35. The van der Waals surface area contributed by atoms with Crippen molar-refractivity contribution in [2.24, 2.45) is 5.92 Å². The standard InChI is InChI=1S/C29H22BrN3O6/c1-39-25-13-16(8-10-23(25)34)7-9-19-18-11-12-31-28(37)32(17-5-3-2-4-6-17)29(38)33(31)22(18)14-20-26(19)24(35)15-21(30)27(20)36/h2-11,13,15,19,22,34H,12,14H2,1H3. The van der Waals surface area contributed by atoms with Gasteiger partial charge < -0.3 is 9.84 Å². The van der Waals surface area contributed by atoms with Crippen LogP contribution in [0.5, 0.6) is 11.5 Å². The molecule has 0 spiro atoms. The first-order chi connectivity index (χ1) is 18.8. The van der Waals surface area contributed by atoms with Crippen LogP contribution in [0, 0.1) is 5.92 Å². The van der Waals surface area contributed by atoms with Gasteiger partial charge in [-0.05, 0) is 51.3 Å². The molecule has 3 aromatic rings. The molecular formula is C29H22BrN3O6. The summed E-state index contributed by atoms with van der Waals surface area (Å²) < 4.78 is 9.27. The van der Waals surface area contributed by atoms with Gasteiger partial charge in [-0.15, -0.1) is 0 Å². The second-order valence-corrected chi connectivity index (χ2v) is 10.3. The van der Waals surface area contributed by atoms with E-state index >= 15 is 0 Å². The Morgan fingerprint density at radius 3 is 2.56 bits per heavy atom. The van der Waals surface area contributed by atoms with Crippen LogP contribution in [0.25, 0.3) is 11.8 Å². The summed E-state index contributed by atoms with van der Waals surface area (Å²) in [4.78, 5) is 53.5. The third kappa shape index (κ3) is 3.90. The number of benzene rings is 2. The molecule has 1 N–H and O–H groups in total. The van der Waals surface area contributed by atoms with E-state index in [2.05, 4.69) is 15.9 Å². The lowest BCUT2D eigenvalue weighted by Crippen LogP contribution is -2.41. The molecule has 6 rings (SSSR count). The normalized spacial score (nSPS) is 20.4. The summed E-state index contributed by atoms with van der Waals surface area (Å²) in [5, 5.41) is 9.95. The van der Waals surface area contributed by atoms with Crippen LogP contribution in [-0.2, 0) is 16.1 Å². The second-order valence-electron chi connectivity index (χ2n) is 9.43. The zero-order chi connectivity index (χ0) is 27.4. The van der Waals surface area contributed by atoms with Gasteiger partial charge in [-0.3, -0.25) is 9.59 Å². The number of para-hydroxylation sites is 1. The summed E-state index contributed by atoms with van der Waals surface area (Å²) in [6.45, 7) is 0.140. The first kappa shape index (κ1) is 24.9. The predicted octanol–water partition coefficient (Wildman–Crippen LogP) is 3.46. The van der Waals surface area contributed by atoms with Gasteiger partial charge >= 0.3 is 11.4 Å². The average Bonchev–Trinajstić information content (AvgIpc) is 3.20. The minimum atomic E-state index is -0.637. The van der Waals surface area contributed by atoms with E-state index in [0.717, 1.165) is 10.1 Å². The largest absolute Gasteiger partial charge is 0.504 e. The number of ether oxygens (including phenoxy) is 1. The zero-order valence-corrected chi connectivity index (χ0v) is 22.3. The second kappa shape index (κ2) is 9.39. The number of carbonyl (C=O) groups excluding carboxylic acids is 2. The lowest BCUT2D eigenvalue weighted by atomic mass is 9.71. The quantitative estimate of drug-likeness (QED) is 0.369. The molecule has 2 unspecified atom stereocenters. The number of Topliss-reactive ketones (excluding diaryl/α,β-unsaturated/α-hetero) is 1. The Bertz CT molecular complexity index is 1800. The number of carbonyl (C=O) groups is 2. The number of fused-ring (bicyclic) bond motifs is 3. The number of phenolic OH excluding ortho intramolecular Hbond substituents is 1. The van der Waals surface area contributed by atoms with Crippen molar-refractivity contribution in [2.75, 3.05) is 7.11 Å². The van der Waals surface area contributed by atoms with Gasteiger partial charge in [0.2, 0.25) is 0 Å². The van der Waals surface area contributed by atoms with Crippen LogP contribution >= 0.6 is 15.9 Å². The maximum Gasteiger partial charge on any atom is 0.352 e. The molecule has 0 amide bonds. The number of hydrogen-bond donors (Lipinski definition) is 1. The lowest BCUT2D eigenvalue weighted by Gasteiger charge is -2.38. The number of methoxy groups -OCH3 is 1. The van der Waals surface area contributed by atoms with Crippen LogP contribution in [0.15, 0.2) is 97.5 Å². The maximum absolute atomic E-state index is 13.7. The van der Waals surface area contributed by atoms with Crippen molar-refractivity contribution < 1.29 is 19.4 Å². The number of rotatable bonds is 4. The van der Waals surface area contributed by atoms with Crippen molar-refractivity contribution in [3.8, 4) is 17.2 Å². The Kier molecular flexibility index (Phi) is 5.99. The van der Waals surface area contributed by atoms with Crippen LogP contribution in [0.3, 0.4) is 0 Å². The highest BCUT2D eigenvalue weighted by molar-refractivity contribution is 9.12. The molecule has 2 heterocycles. The Hall–Kier alpha value is -4.44. The molecule has 2 aromatic carbocycles. The lowest BCUT2D eigenvalue weighted by molar-refractivity contribution is -0.116. The number of hydrogen-bond acceptors (Lipinski definition) is 6. The van der Waals surface area contributed by atoms with Crippen LogP contribution in [0.1, 0.15) is 18.0 Å². The molecule has 3 aliphatic rings. The minimum absolute atomic E-state index is 0.00400. The SMILES string of the molecule is COc1cc(C=CC2C3=CCn4c(=O)n(-c5ccccc5)c(=O)n4C3CC3=C2C(=O)C=C(Br)C3=O)ccc1O. The summed E-state index contributed by atoms with van der Waals surface area (Å²) in [5.41, 5.74) is 1.61. The highest BCUT2D eigenvalue weighted by atomic mass is 79.9. The van der Waals surface area contributed by atoms with Crippen molar-refractivity contribution in [2.45, 2.75) is 19.0 Å². The number of phenols is 1. The molecule has 2 aliphatic carbocycles. The van der Waals surface area contributed by atoms with E-state index in [1.54, 1.807) is 48.5 Å². The fraction of sp³-hybridized carbons (Fsp3) is 0.172. The Morgan fingerprint density at radius 1 is 1.05 bits per heavy atom. The van der Waals surface area contributed by atoms with Crippen molar-refractivity contribution in [3.05, 3.63) is 114 Å². The molecule has 10 heteroatoms. The van der Waals surface area contributed by atoms with Crippen LogP contribution in [-0.4, -0.2) is 37.7 Å². The van der Waals surface area contributed by atoms with Crippen LogP contribution in [0.4, 0.5) is 0 Å². The predicted molar refractivity (Wildman–Crippen MR) is 147 cm³/mol. The maximum atomic E-state index is 13.7. The topological polar surface area (TPSA) is 113 Å². The van der Waals surface area contributed by atoms with E-state index in [1.165, 1.54) is 28.6 Å². The third-order valence-corrected chi connectivity index (χ3v) is 7.93. The van der Waals surface area contributed by atoms with E-state index < -0.39 is 23.3 Å². The molecule has 196 valence electrons. The molecular weight excluding hydrogens is 566 g/mol. The molecule has 0 bridgehead atoms. The van der Waals surface area contributed by atoms with Crippen molar-refractivity contribution in [1.82, 2.24) is 13.9 Å². The van der Waals surface area contributed by atoms with Gasteiger partial charge in [0.05, 0.1) is 29.9 Å². The minimum Gasteiger partial charge on any atom is -0.504 e. The van der Waals surface area contributed by atoms with Crippen LogP contribution in [0.2, 0.25) is 0 Å². The van der Waals surface area contributed by atoms with E-state index in [1.807, 2.05) is 12.2 Å². The summed E-state index contributed by atoms with van der Waals surface area (Å²) >= 11 is 3.21. The molecule has 9 nitrogen and oxygen atoms in total. The summed E-state index contributed by atoms with van der Waals surface area (Å²) in [6, 6.07) is 12.9. The number of allylic oxidation sites excluding steroid dienone is 7. The number of nitrogens with zero attached hydrogens (tertiary/aromatic N) is 3. The summed E-state index contributed by atoms with van der Waals surface area (Å²) in [7, 11) is 1.45. The van der Waals surface area contributed by atoms with Gasteiger partial charge in [0, 0.05) is 29.6 Å². The van der Waals surface area contributed by atoms with Crippen molar-refractivity contribution in [1.29, 1.82) is 0 Å². The highest BCUT2D eigenvalue weighted by Crippen LogP contribution is 2.46. The molecule has 0 saturated heterocycles. The van der Waals surface area contributed by atoms with E-state index in [-0.39, 0.29) is 34.8 Å². The smallest absolute Gasteiger partial charge is 0.352 e. The molecule has 39 heavy (non-hydrogen) atoms. The highest BCUT2D eigenvalue weighted by Gasteiger charge is 2.43. The van der Waals surface area contributed by atoms with Gasteiger partial charge in [-0.2, -0.15) is 0 Å². The van der Waals surface area contributed by atoms with Gasteiger partial charge in [-0.1, -0.05) is 42.5 Å². The molecule has 1 aliphatic heterocycles.